The van der Waals surface area contributed by atoms with Gasteiger partial charge in [-0.15, -0.1) is 0 Å². The van der Waals surface area contributed by atoms with Crippen LogP contribution in [0.15, 0.2) is 67.1 Å². The number of piperidine rings is 1. The van der Waals surface area contributed by atoms with Crippen LogP contribution >= 0.6 is 0 Å². The minimum Gasteiger partial charge on any atom is -0.336 e. The second kappa shape index (κ2) is 7.16. The summed E-state index contributed by atoms with van der Waals surface area (Å²) in [6.45, 7) is 2.27. The molecule has 2 atom stereocenters. The molecule has 8 nitrogen and oxygen atoms in total. The first kappa shape index (κ1) is 18.0. The molecule has 6 rings (SSSR count). The van der Waals surface area contributed by atoms with E-state index in [0.29, 0.717) is 23.7 Å². The second-order valence-corrected chi connectivity index (χ2v) is 8.18. The lowest BCUT2D eigenvalue weighted by atomic mass is 9.99. The van der Waals surface area contributed by atoms with Crippen LogP contribution in [0.1, 0.15) is 16.8 Å². The highest BCUT2D eigenvalue weighted by Crippen LogP contribution is 2.33. The first-order valence-electron chi connectivity index (χ1n) is 10.5. The van der Waals surface area contributed by atoms with Gasteiger partial charge in [0.1, 0.15) is 0 Å². The molecule has 2 saturated heterocycles. The number of carbonyl (C=O) groups is 1. The zero-order valence-electron chi connectivity index (χ0n) is 16.9. The fourth-order valence-corrected chi connectivity index (χ4v) is 4.81. The third-order valence-corrected chi connectivity index (χ3v) is 6.20. The van der Waals surface area contributed by atoms with Gasteiger partial charge in [-0.05, 0) is 30.5 Å². The average Bonchev–Trinajstić information content (AvgIpc) is 3.46. The highest BCUT2D eigenvalue weighted by atomic mass is 16.2. The summed E-state index contributed by atoms with van der Waals surface area (Å²) in [6.07, 6.45) is 6.17. The van der Waals surface area contributed by atoms with Gasteiger partial charge in [0.25, 0.3) is 5.91 Å². The zero-order chi connectivity index (χ0) is 20.8. The summed E-state index contributed by atoms with van der Waals surface area (Å²) in [4.78, 5) is 28.6. The molecule has 2 aromatic heterocycles. The highest BCUT2D eigenvalue weighted by Gasteiger charge is 2.41. The van der Waals surface area contributed by atoms with E-state index in [1.165, 1.54) is 4.80 Å². The van der Waals surface area contributed by atoms with Crippen molar-refractivity contribution >= 4 is 22.8 Å². The maximum atomic E-state index is 13.5. The van der Waals surface area contributed by atoms with Gasteiger partial charge in [-0.25, -0.2) is 9.97 Å². The predicted molar refractivity (Wildman–Crippen MR) is 116 cm³/mol. The van der Waals surface area contributed by atoms with Crippen LogP contribution in [0, 0.1) is 5.92 Å². The number of hydrogen-bond acceptors (Lipinski definition) is 6. The van der Waals surface area contributed by atoms with Gasteiger partial charge in [-0.2, -0.15) is 15.0 Å². The SMILES string of the molecule is O=C(c1ccccc1-n1nccn1)N1CC2CC(C1)N(c1ncc3ccccc3n1)C2. The zero-order valence-corrected chi connectivity index (χ0v) is 16.9. The van der Waals surface area contributed by atoms with Crippen molar-refractivity contribution in [2.45, 2.75) is 12.5 Å². The minimum absolute atomic E-state index is 0.0175. The van der Waals surface area contributed by atoms with E-state index in [4.69, 9.17) is 4.98 Å². The van der Waals surface area contributed by atoms with Gasteiger partial charge in [0.05, 0.1) is 29.2 Å². The summed E-state index contributed by atoms with van der Waals surface area (Å²) in [5.74, 6) is 1.18. The number of nitrogens with zero attached hydrogens (tertiary/aromatic N) is 7. The molecule has 0 N–H and O–H groups in total. The molecule has 2 aromatic carbocycles. The Hall–Kier alpha value is -3.81. The Morgan fingerprint density at radius 1 is 0.935 bits per heavy atom. The van der Waals surface area contributed by atoms with Crippen molar-refractivity contribution in [2.75, 3.05) is 24.5 Å². The molecule has 0 spiro atoms. The fourth-order valence-electron chi connectivity index (χ4n) is 4.81. The number of anilines is 1. The van der Waals surface area contributed by atoms with Crippen LogP contribution < -0.4 is 4.90 Å². The molecule has 0 saturated carbocycles. The normalized spacial score (nSPS) is 20.4. The van der Waals surface area contributed by atoms with E-state index < -0.39 is 0 Å². The van der Waals surface area contributed by atoms with Gasteiger partial charge in [-0.1, -0.05) is 30.3 Å². The van der Waals surface area contributed by atoms with Crippen molar-refractivity contribution in [3.63, 3.8) is 0 Å². The average molecular weight is 411 g/mol. The molecule has 2 fully saturated rings. The molecular formula is C23H21N7O. The van der Waals surface area contributed by atoms with Crippen LogP contribution in [-0.4, -0.2) is 61.4 Å². The predicted octanol–water partition coefficient (Wildman–Crippen LogP) is 2.56. The fraction of sp³-hybridized carbons (Fsp3) is 0.261. The van der Waals surface area contributed by atoms with Gasteiger partial charge >= 0.3 is 0 Å². The number of hydrogen-bond donors (Lipinski definition) is 0. The van der Waals surface area contributed by atoms with E-state index in [2.05, 4.69) is 20.1 Å². The third-order valence-electron chi connectivity index (χ3n) is 6.20. The molecule has 31 heavy (non-hydrogen) atoms. The van der Waals surface area contributed by atoms with Crippen LogP contribution in [0.3, 0.4) is 0 Å². The van der Waals surface area contributed by atoms with Gasteiger partial charge in [-0.3, -0.25) is 4.79 Å². The molecule has 4 heterocycles. The number of benzene rings is 2. The Labute approximate surface area is 179 Å². The summed E-state index contributed by atoms with van der Waals surface area (Å²) >= 11 is 0. The van der Waals surface area contributed by atoms with Gasteiger partial charge in [0.2, 0.25) is 5.95 Å². The number of likely N-dealkylation sites (tertiary alicyclic amines) is 1. The molecule has 0 radical (unpaired) electrons. The van der Waals surface area contributed by atoms with Crippen molar-refractivity contribution in [1.29, 1.82) is 0 Å². The Morgan fingerprint density at radius 2 is 1.74 bits per heavy atom. The molecule has 2 aliphatic rings. The lowest BCUT2D eigenvalue weighted by molar-refractivity contribution is 0.0694. The van der Waals surface area contributed by atoms with Crippen molar-refractivity contribution in [1.82, 2.24) is 29.9 Å². The molecule has 2 aliphatic heterocycles. The summed E-state index contributed by atoms with van der Waals surface area (Å²) < 4.78 is 0. The van der Waals surface area contributed by atoms with E-state index in [9.17, 15) is 4.79 Å². The minimum atomic E-state index is 0.0175. The largest absolute Gasteiger partial charge is 0.336 e. The summed E-state index contributed by atoms with van der Waals surface area (Å²) in [5.41, 5.74) is 2.26. The van der Waals surface area contributed by atoms with Crippen LogP contribution in [0.25, 0.3) is 16.6 Å². The molecule has 4 aromatic rings. The van der Waals surface area contributed by atoms with Crippen molar-refractivity contribution in [3.05, 3.63) is 72.7 Å². The van der Waals surface area contributed by atoms with Crippen molar-refractivity contribution < 1.29 is 4.79 Å². The third kappa shape index (κ3) is 3.11. The molecule has 2 unspecified atom stereocenters. The smallest absolute Gasteiger partial charge is 0.256 e. The monoisotopic (exact) mass is 411 g/mol. The van der Waals surface area contributed by atoms with E-state index in [1.54, 1.807) is 12.4 Å². The number of fused-ring (bicyclic) bond motifs is 3. The van der Waals surface area contributed by atoms with Crippen LogP contribution in [-0.2, 0) is 0 Å². The van der Waals surface area contributed by atoms with E-state index in [-0.39, 0.29) is 11.9 Å². The second-order valence-electron chi connectivity index (χ2n) is 8.18. The van der Waals surface area contributed by atoms with Crippen LogP contribution in [0.2, 0.25) is 0 Å². The first-order chi connectivity index (χ1) is 15.3. The van der Waals surface area contributed by atoms with Gasteiger partial charge < -0.3 is 9.80 Å². The van der Waals surface area contributed by atoms with E-state index >= 15 is 0 Å². The molecule has 1 amide bonds. The lowest BCUT2D eigenvalue weighted by Crippen LogP contribution is -2.45. The van der Waals surface area contributed by atoms with Gasteiger partial charge in [0.15, 0.2) is 0 Å². The van der Waals surface area contributed by atoms with Crippen LogP contribution in [0.5, 0.6) is 0 Å². The standard InChI is InChI=1S/C23H21N7O/c31-22(19-6-2-4-8-21(19)30-25-9-10-26-30)28-13-16-11-18(15-28)29(14-16)23-24-12-17-5-1-3-7-20(17)27-23/h1-10,12,16,18H,11,13-15H2. The molecule has 154 valence electrons. The number of amides is 1. The summed E-state index contributed by atoms with van der Waals surface area (Å²) in [7, 11) is 0. The number of aromatic nitrogens is 5. The molecule has 8 heteroatoms. The van der Waals surface area contributed by atoms with E-state index in [0.717, 1.165) is 36.4 Å². The maximum absolute atomic E-state index is 13.5. The molecule has 2 bridgehead atoms. The van der Waals surface area contributed by atoms with Crippen molar-refractivity contribution in [3.8, 4) is 5.69 Å². The van der Waals surface area contributed by atoms with Gasteiger partial charge in [0, 0.05) is 37.3 Å². The highest BCUT2D eigenvalue weighted by molar-refractivity contribution is 5.97. The first-order valence-corrected chi connectivity index (χ1v) is 10.5. The van der Waals surface area contributed by atoms with E-state index in [1.807, 2.05) is 59.6 Å². The molecule has 0 aliphatic carbocycles. The maximum Gasteiger partial charge on any atom is 0.256 e. The summed E-state index contributed by atoms with van der Waals surface area (Å²) in [5, 5.41) is 9.44. The number of rotatable bonds is 3. The molecular weight excluding hydrogens is 390 g/mol. The summed E-state index contributed by atoms with van der Waals surface area (Å²) in [6, 6.07) is 15.7. The number of para-hydroxylation sites is 2. The Balaban J connectivity index is 1.27. The quantitative estimate of drug-likeness (QED) is 0.516. The topological polar surface area (TPSA) is 80.0 Å². The Kier molecular flexibility index (Phi) is 4.15. The van der Waals surface area contributed by atoms with Crippen molar-refractivity contribution in [2.24, 2.45) is 5.92 Å². The Bertz CT molecular complexity index is 1260. The Morgan fingerprint density at radius 3 is 2.65 bits per heavy atom. The van der Waals surface area contributed by atoms with Crippen LogP contribution in [0.4, 0.5) is 5.95 Å². The number of carbonyl (C=O) groups excluding carboxylic acids is 1. The lowest BCUT2D eigenvalue weighted by Gasteiger charge is -2.33.